The molecule has 1 N–H and O–H groups in total. The molecule has 1 aliphatic carbocycles. The van der Waals surface area contributed by atoms with Crippen LogP contribution in [0.3, 0.4) is 0 Å². The molecule has 1 saturated carbocycles. The summed E-state index contributed by atoms with van der Waals surface area (Å²) in [5.74, 6) is 0.954. The highest BCUT2D eigenvalue weighted by Gasteiger charge is 2.44. The van der Waals surface area contributed by atoms with Gasteiger partial charge in [0.25, 0.3) is 0 Å². The Balaban J connectivity index is 2.47. The van der Waals surface area contributed by atoms with Crippen LogP contribution in [0.1, 0.15) is 31.9 Å². The Labute approximate surface area is 89.9 Å². The lowest BCUT2D eigenvalue weighted by atomic mass is 9.88. The molecule has 2 unspecified atom stereocenters. The maximum absolute atomic E-state index is 10.7. The van der Waals surface area contributed by atoms with E-state index in [1.54, 1.807) is 18.0 Å². The van der Waals surface area contributed by atoms with Gasteiger partial charge in [0, 0.05) is 7.05 Å². The van der Waals surface area contributed by atoms with Gasteiger partial charge in [0.2, 0.25) is 0 Å². The Morgan fingerprint density at radius 3 is 2.93 bits per heavy atom. The minimum absolute atomic E-state index is 0.266. The second-order valence-corrected chi connectivity index (χ2v) is 4.40. The van der Waals surface area contributed by atoms with Crippen LogP contribution < -0.4 is 4.74 Å². The standard InChI is InChI=1S/C11H18N2O2/c1-8-5-4-6-11(8,14)10-9(15-3)7-12-13(10)2/h7-8,14H,4-6H2,1-3H3. The first-order chi connectivity index (χ1) is 7.09. The van der Waals surface area contributed by atoms with Gasteiger partial charge in [-0.2, -0.15) is 5.10 Å². The van der Waals surface area contributed by atoms with Crippen LogP contribution in [0.5, 0.6) is 5.75 Å². The van der Waals surface area contributed by atoms with Gasteiger partial charge in [0.05, 0.1) is 13.3 Å². The van der Waals surface area contributed by atoms with E-state index in [4.69, 9.17) is 4.74 Å². The van der Waals surface area contributed by atoms with Crippen molar-refractivity contribution in [1.82, 2.24) is 9.78 Å². The van der Waals surface area contributed by atoms with Crippen molar-refractivity contribution in [3.8, 4) is 5.75 Å². The highest BCUT2D eigenvalue weighted by molar-refractivity contribution is 5.32. The molecule has 0 spiro atoms. The predicted molar refractivity (Wildman–Crippen MR) is 56.7 cm³/mol. The van der Waals surface area contributed by atoms with Gasteiger partial charge in [-0.15, -0.1) is 0 Å². The molecule has 1 fully saturated rings. The fourth-order valence-corrected chi connectivity index (χ4v) is 2.58. The fraction of sp³-hybridized carbons (Fsp3) is 0.727. The third kappa shape index (κ3) is 1.44. The summed E-state index contributed by atoms with van der Waals surface area (Å²) in [5, 5.41) is 14.8. The maximum Gasteiger partial charge on any atom is 0.162 e. The number of rotatable bonds is 2. The van der Waals surface area contributed by atoms with Crippen LogP contribution in [-0.4, -0.2) is 22.0 Å². The van der Waals surface area contributed by atoms with Gasteiger partial charge >= 0.3 is 0 Å². The molecule has 0 bridgehead atoms. The van der Waals surface area contributed by atoms with Crippen molar-refractivity contribution in [2.75, 3.05) is 7.11 Å². The van der Waals surface area contributed by atoms with E-state index < -0.39 is 5.60 Å². The van der Waals surface area contributed by atoms with E-state index in [1.165, 1.54) is 0 Å². The molecule has 1 aliphatic rings. The molecule has 4 heteroatoms. The summed E-state index contributed by atoms with van der Waals surface area (Å²) in [6.45, 7) is 2.08. The minimum atomic E-state index is -0.767. The summed E-state index contributed by atoms with van der Waals surface area (Å²) in [6, 6.07) is 0. The van der Waals surface area contributed by atoms with Crippen molar-refractivity contribution in [3.63, 3.8) is 0 Å². The van der Waals surface area contributed by atoms with Crippen molar-refractivity contribution in [2.24, 2.45) is 13.0 Å². The van der Waals surface area contributed by atoms with Gasteiger partial charge in [0.1, 0.15) is 11.3 Å². The first-order valence-corrected chi connectivity index (χ1v) is 5.38. The van der Waals surface area contributed by atoms with Gasteiger partial charge in [0.15, 0.2) is 5.75 Å². The van der Waals surface area contributed by atoms with Crippen LogP contribution in [0, 0.1) is 5.92 Å². The van der Waals surface area contributed by atoms with E-state index in [2.05, 4.69) is 12.0 Å². The molecule has 0 amide bonds. The van der Waals surface area contributed by atoms with Crippen molar-refractivity contribution < 1.29 is 9.84 Å². The molecule has 4 nitrogen and oxygen atoms in total. The maximum atomic E-state index is 10.7. The minimum Gasteiger partial charge on any atom is -0.493 e. The van der Waals surface area contributed by atoms with E-state index in [1.807, 2.05) is 7.05 Å². The number of aliphatic hydroxyl groups is 1. The first-order valence-electron chi connectivity index (χ1n) is 5.38. The Morgan fingerprint density at radius 1 is 1.67 bits per heavy atom. The number of hydrogen-bond acceptors (Lipinski definition) is 3. The zero-order valence-electron chi connectivity index (χ0n) is 9.53. The molecular formula is C11H18N2O2. The van der Waals surface area contributed by atoms with Gasteiger partial charge in [-0.25, -0.2) is 0 Å². The van der Waals surface area contributed by atoms with E-state index in [-0.39, 0.29) is 5.92 Å². The summed E-state index contributed by atoms with van der Waals surface area (Å²) in [4.78, 5) is 0. The van der Waals surface area contributed by atoms with Crippen LogP contribution in [0.25, 0.3) is 0 Å². The topological polar surface area (TPSA) is 47.3 Å². The fourth-order valence-electron chi connectivity index (χ4n) is 2.58. The van der Waals surface area contributed by atoms with Crippen molar-refractivity contribution in [1.29, 1.82) is 0 Å². The number of hydrogen-bond donors (Lipinski definition) is 1. The monoisotopic (exact) mass is 210 g/mol. The molecule has 2 atom stereocenters. The molecule has 0 aliphatic heterocycles. The molecule has 0 aromatic carbocycles. The second-order valence-electron chi connectivity index (χ2n) is 4.40. The predicted octanol–water partition coefficient (Wildman–Crippen LogP) is 1.44. The molecule has 1 aromatic rings. The lowest BCUT2D eigenvalue weighted by Crippen LogP contribution is -2.31. The number of ether oxygens (including phenoxy) is 1. The van der Waals surface area contributed by atoms with Crippen LogP contribution in [0.4, 0.5) is 0 Å². The van der Waals surface area contributed by atoms with Gasteiger partial charge in [-0.05, 0) is 25.2 Å². The quantitative estimate of drug-likeness (QED) is 0.803. The molecule has 1 heterocycles. The van der Waals surface area contributed by atoms with E-state index >= 15 is 0 Å². The summed E-state index contributed by atoms with van der Waals surface area (Å²) >= 11 is 0. The summed E-state index contributed by atoms with van der Waals surface area (Å²) < 4.78 is 6.97. The third-order valence-corrected chi connectivity index (χ3v) is 3.55. The van der Waals surface area contributed by atoms with Gasteiger partial charge in [-0.1, -0.05) is 6.92 Å². The summed E-state index contributed by atoms with van der Waals surface area (Å²) in [7, 11) is 3.46. The molecule has 0 saturated heterocycles. The van der Waals surface area contributed by atoms with Crippen molar-refractivity contribution in [3.05, 3.63) is 11.9 Å². The number of aryl methyl sites for hydroxylation is 1. The zero-order valence-corrected chi connectivity index (χ0v) is 9.53. The van der Waals surface area contributed by atoms with E-state index in [0.717, 1.165) is 25.0 Å². The van der Waals surface area contributed by atoms with Crippen LogP contribution in [0.15, 0.2) is 6.20 Å². The molecule has 2 rings (SSSR count). The number of aromatic nitrogens is 2. The molecular weight excluding hydrogens is 192 g/mol. The van der Waals surface area contributed by atoms with Gasteiger partial charge < -0.3 is 9.84 Å². The van der Waals surface area contributed by atoms with Crippen molar-refractivity contribution >= 4 is 0 Å². The average Bonchev–Trinajstić information content (AvgIpc) is 2.72. The highest BCUT2D eigenvalue weighted by atomic mass is 16.5. The summed E-state index contributed by atoms with van der Waals surface area (Å²) in [6.07, 6.45) is 4.58. The Kier molecular flexibility index (Phi) is 2.46. The second kappa shape index (κ2) is 3.52. The highest BCUT2D eigenvalue weighted by Crippen LogP contribution is 2.45. The Hall–Kier alpha value is -1.03. The van der Waals surface area contributed by atoms with Crippen LogP contribution in [-0.2, 0) is 12.6 Å². The Bertz CT molecular complexity index is 361. The van der Waals surface area contributed by atoms with Gasteiger partial charge in [-0.3, -0.25) is 4.68 Å². The first kappa shape index (κ1) is 10.5. The molecule has 15 heavy (non-hydrogen) atoms. The largest absolute Gasteiger partial charge is 0.493 e. The average molecular weight is 210 g/mol. The normalized spacial score (nSPS) is 30.8. The molecule has 84 valence electrons. The lowest BCUT2D eigenvalue weighted by molar-refractivity contribution is -0.00522. The molecule has 1 aromatic heterocycles. The lowest BCUT2D eigenvalue weighted by Gasteiger charge is -2.28. The number of methoxy groups -OCH3 is 1. The number of nitrogens with zero attached hydrogens (tertiary/aromatic N) is 2. The molecule has 0 radical (unpaired) electrons. The summed E-state index contributed by atoms with van der Waals surface area (Å²) in [5.41, 5.74) is 0.0475. The Morgan fingerprint density at radius 2 is 2.40 bits per heavy atom. The van der Waals surface area contributed by atoms with E-state index in [0.29, 0.717) is 5.75 Å². The SMILES string of the molecule is COc1cnn(C)c1C1(O)CCCC1C. The smallest absolute Gasteiger partial charge is 0.162 e. The van der Waals surface area contributed by atoms with Crippen LogP contribution in [0.2, 0.25) is 0 Å². The van der Waals surface area contributed by atoms with Crippen LogP contribution >= 0.6 is 0 Å². The zero-order chi connectivity index (χ0) is 11.1. The third-order valence-electron chi connectivity index (χ3n) is 3.55. The van der Waals surface area contributed by atoms with E-state index in [9.17, 15) is 5.11 Å². The van der Waals surface area contributed by atoms with Crippen molar-refractivity contribution in [2.45, 2.75) is 31.8 Å².